The summed E-state index contributed by atoms with van der Waals surface area (Å²) in [6.45, 7) is 8.17. The Morgan fingerprint density at radius 2 is 2.07 bits per heavy atom. The quantitative estimate of drug-likeness (QED) is 0.738. The number of carboxylic acids is 1. The maximum atomic E-state index is 11.0. The summed E-state index contributed by atoms with van der Waals surface area (Å²) < 4.78 is 12.1. The molecule has 0 saturated carbocycles. The minimum absolute atomic E-state index is 0.236. The van der Waals surface area contributed by atoms with Crippen LogP contribution >= 0.6 is 11.6 Å². The molecule has 0 aromatic heterocycles. The molecule has 2 aromatic carbocycles. The van der Waals surface area contributed by atoms with E-state index in [4.69, 9.17) is 26.2 Å². The number of ether oxygens (including phenoxy) is 2. The fourth-order valence-electron chi connectivity index (χ4n) is 3.45. The standard InChI is InChI=1S/C22H25ClO4/c1-13-7-15(8-14(2)21(24)25)5-6-19(13)26-12-17-10-18(23)9-16-11-22(3,4)27-20(16)17/h5-7,9-10,14H,8,11-12H2,1-4H3,(H,24,25). The predicted octanol–water partition coefficient (Wildman–Crippen LogP) is 5.20. The van der Waals surface area contributed by atoms with E-state index in [1.165, 1.54) is 0 Å². The van der Waals surface area contributed by atoms with E-state index < -0.39 is 11.9 Å². The summed E-state index contributed by atoms with van der Waals surface area (Å²) in [5, 5.41) is 9.75. The number of aliphatic carboxylic acids is 1. The fraction of sp³-hybridized carbons (Fsp3) is 0.409. The van der Waals surface area contributed by atoms with Crippen LogP contribution in [0.3, 0.4) is 0 Å². The van der Waals surface area contributed by atoms with Crippen LogP contribution < -0.4 is 9.47 Å². The molecule has 1 N–H and O–H groups in total. The van der Waals surface area contributed by atoms with Gasteiger partial charge in [-0.05, 0) is 62.1 Å². The van der Waals surface area contributed by atoms with Crippen molar-refractivity contribution in [3.8, 4) is 11.5 Å². The molecule has 1 heterocycles. The van der Waals surface area contributed by atoms with Gasteiger partial charge in [0.1, 0.15) is 23.7 Å². The molecule has 4 nitrogen and oxygen atoms in total. The Morgan fingerprint density at radius 1 is 1.33 bits per heavy atom. The Hall–Kier alpha value is -2.20. The molecule has 0 fully saturated rings. The molecule has 0 aliphatic carbocycles. The zero-order chi connectivity index (χ0) is 19.8. The summed E-state index contributed by atoms with van der Waals surface area (Å²) in [5.74, 6) is 0.443. The minimum Gasteiger partial charge on any atom is -0.488 e. The molecular formula is C22H25ClO4. The molecule has 0 spiro atoms. The van der Waals surface area contributed by atoms with Crippen molar-refractivity contribution in [1.82, 2.24) is 0 Å². The molecule has 3 rings (SSSR count). The number of rotatable bonds is 6. The van der Waals surface area contributed by atoms with E-state index in [1.54, 1.807) is 6.92 Å². The van der Waals surface area contributed by atoms with Crippen LogP contribution in [-0.2, 0) is 24.2 Å². The van der Waals surface area contributed by atoms with Crippen LogP contribution in [0.15, 0.2) is 30.3 Å². The molecule has 1 atom stereocenters. The van der Waals surface area contributed by atoms with Crippen LogP contribution in [0.2, 0.25) is 5.02 Å². The lowest BCUT2D eigenvalue weighted by atomic mass is 9.99. The maximum Gasteiger partial charge on any atom is 0.306 e. The lowest BCUT2D eigenvalue weighted by Crippen LogP contribution is -2.25. The molecule has 1 unspecified atom stereocenters. The Morgan fingerprint density at radius 3 is 2.74 bits per heavy atom. The van der Waals surface area contributed by atoms with Gasteiger partial charge in [0, 0.05) is 17.0 Å². The molecule has 0 bridgehead atoms. The lowest BCUT2D eigenvalue weighted by Gasteiger charge is -2.18. The van der Waals surface area contributed by atoms with Crippen LogP contribution in [0.4, 0.5) is 0 Å². The van der Waals surface area contributed by atoms with Gasteiger partial charge in [0.25, 0.3) is 0 Å². The van der Waals surface area contributed by atoms with E-state index in [-0.39, 0.29) is 5.60 Å². The van der Waals surface area contributed by atoms with E-state index in [9.17, 15) is 4.79 Å². The molecule has 27 heavy (non-hydrogen) atoms. The SMILES string of the molecule is Cc1cc(CC(C)C(=O)O)ccc1OCc1cc(Cl)cc2c1OC(C)(C)C2. The van der Waals surface area contributed by atoms with E-state index in [1.807, 2.05) is 37.3 Å². The highest BCUT2D eigenvalue weighted by Crippen LogP contribution is 2.40. The van der Waals surface area contributed by atoms with Crippen LogP contribution in [0.25, 0.3) is 0 Å². The van der Waals surface area contributed by atoms with Gasteiger partial charge in [-0.2, -0.15) is 0 Å². The van der Waals surface area contributed by atoms with Crippen LogP contribution in [0.1, 0.15) is 43.0 Å². The topological polar surface area (TPSA) is 55.8 Å². The van der Waals surface area contributed by atoms with Gasteiger partial charge >= 0.3 is 5.97 Å². The number of aryl methyl sites for hydroxylation is 1. The van der Waals surface area contributed by atoms with Gasteiger partial charge in [-0.1, -0.05) is 30.7 Å². The molecular weight excluding hydrogens is 364 g/mol. The normalized spacial score (nSPS) is 15.7. The third-order valence-corrected chi connectivity index (χ3v) is 5.01. The molecule has 144 valence electrons. The molecule has 1 aliphatic rings. The Bertz CT molecular complexity index is 873. The predicted molar refractivity (Wildman–Crippen MR) is 106 cm³/mol. The summed E-state index contributed by atoms with van der Waals surface area (Å²) in [6.07, 6.45) is 1.33. The zero-order valence-corrected chi connectivity index (χ0v) is 16.9. The molecule has 0 radical (unpaired) electrons. The van der Waals surface area contributed by atoms with Crippen molar-refractivity contribution in [3.63, 3.8) is 0 Å². The van der Waals surface area contributed by atoms with Crippen molar-refractivity contribution in [1.29, 1.82) is 0 Å². The summed E-state index contributed by atoms with van der Waals surface area (Å²) in [6, 6.07) is 9.65. The third-order valence-electron chi connectivity index (χ3n) is 4.79. The van der Waals surface area contributed by atoms with Gasteiger partial charge in [0.15, 0.2) is 0 Å². The maximum absolute atomic E-state index is 11.0. The van der Waals surface area contributed by atoms with E-state index in [2.05, 4.69) is 13.8 Å². The highest BCUT2D eigenvalue weighted by Gasteiger charge is 2.32. The summed E-state index contributed by atoms with van der Waals surface area (Å²) in [7, 11) is 0. The average Bonchev–Trinajstić information content (AvgIpc) is 2.87. The summed E-state index contributed by atoms with van der Waals surface area (Å²) in [5.41, 5.74) is 3.78. The lowest BCUT2D eigenvalue weighted by molar-refractivity contribution is -0.141. The monoisotopic (exact) mass is 388 g/mol. The van der Waals surface area contributed by atoms with Crippen LogP contribution in [0.5, 0.6) is 11.5 Å². The first kappa shape index (κ1) is 19.6. The first-order chi connectivity index (χ1) is 12.6. The Kier molecular flexibility index (Phi) is 5.38. The van der Waals surface area contributed by atoms with Gasteiger partial charge in [-0.15, -0.1) is 0 Å². The third kappa shape index (κ3) is 4.56. The van der Waals surface area contributed by atoms with Crippen molar-refractivity contribution >= 4 is 17.6 Å². The number of halogens is 1. The molecule has 1 aliphatic heterocycles. The van der Waals surface area contributed by atoms with Crippen molar-refractivity contribution in [3.05, 3.63) is 57.6 Å². The van der Waals surface area contributed by atoms with Crippen molar-refractivity contribution in [2.75, 3.05) is 0 Å². The number of carbonyl (C=O) groups is 1. The zero-order valence-electron chi connectivity index (χ0n) is 16.1. The van der Waals surface area contributed by atoms with Gasteiger partial charge < -0.3 is 14.6 Å². The largest absolute Gasteiger partial charge is 0.488 e. The first-order valence-corrected chi connectivity index (χ1v) is 9.48. The highest BCUT2D eigenvalue weighted by atomic mass is 35.5. The van der Waals surface area contributed by atoms with Gasteiger partial charge in [-0.25, -0.2) is 0 Å². The van der Waals surface area contributed by atoms with Gasteiger partial charge in [0.05, 0.1) is 5.92 Å². The summed E-state index contributed by atoms with van der Waals surface area (Å²) >= 11 is 6.27. The number of hydrogen-bond acceptors (Lipinski definition) is 3. The van der Waals surface area contributed by atoms with E-state index >= 15 is 0 Å². The molecule has 0 amide bonds. The number of fused-ring (bicyclic) bond motifs is 1. The molecule has 2 aromatic rings. The number of benzene rings is 2. The highest BCUT2D eigenvalue weighted by molar-refractivity contribution is 6.30. The van der Waals surface area contributed by atoms with Crippen LogP contribution in [-0.4, -0.2) is 16.7 Å². The van der Waals surface area contributed by atoms with E-state index in [0.717, 1.165) is 40.2 Å². The smallest absolute Gasteiger partial charge is 0.306 e. The summed E-state index contributed by atoms with van der Waals surface area (Å²) in [4.78, 5) is 11.0. The molecule has 0 saturated heterocycles. The number of carboxylic acid groups (broad SMARTS) is 1. The average molecular weight is 389 g/mol. The van der Waals surface area contributed by atoms with Gasteiger partial charge in [0.2, 0.25) is 0 Å². The van der Waals surface area contributed by atoms with Crippen molar-refractivity contribution in [2.24, 2.45) is 5.92 Å². The van der Waals surface area contributed by atoms with Gasteiger partial charge in [-0.3, -0.25) is 4.79 Å². The Balaban J connectivity index is 1.74. The second kappa shape index (κ2) is 7.43. The second-order valence-corrected chi connectivity index (χ2v) is 8.36. The Labute approximate surface area is 165 Å². The molecule has 5 heteroatoms. The first-order valence-electron chi connectivity index (χ1n) is 9.10. The second-order valence-electron chi connectivity index (χ2n) is 7.92. The van der Waals surface area contributed by atoms with Crippen molar-refractivity contribution < 1.29 is 19.4 Å². The minimum atomic E-state index is -0.786. The number of hydrogen-bond donors (Lipinski definition) is 1. The van der Waals surface area contributed by atoms with Crippen LogP contribution in [0, 0.1) is 12.8 Å². The van der Waals surface area contributed by atoms with Crippen molar-refractivity contribution in [2.45, 2.75) is 52.7 Å². The fourth-order valence-corrected chi connectivity index (χ4v) is 3.71. The van der Waals surface area contributed by atoms with E-state index in [0.29, 0.717) is 18.1 Å².